The first kappa shape index (κ1) is 23.7. The third-order valence-electron chi connectivity index (χ3n) is 5.46. The van der Waals surface area contributed by atoms with Crippen LogP contribution in [0.1, 0.15) is 6.92 Å². The molecule has 0 aliphatic carbocycles. The van der Waals surface area contributed by atoms with Crippen molar-refractivity contribution in [3.63, 3.8) is 0 Å². The minimum absolute atomic E-state index is 0.0931. The number of amides is 1. The fourth-order valence-corrected chi connectivity index (χ4v) is 4.36. The van der Waals surface area contributed by atoms with Crippen molar-refractivity contribution in [1.82, 2.24) is 10.2 Å². The van der Waals surface area contributed by atoms with E-state index in [0.29, 0.717) is 6.61 Å². The minimum atomic E-state index is -0.0931. The maximum Gasteiger partial charge on any atom is 0.234 e. The van der Waals surface area contributed by atoms with Gasteiger partial charge < -0.3 is 24.6 Å². The Balaban J connectivity index is 1.26. The van der Waals surface area contributed by atoms with E-state index in [-0.39, 0.29) is 11.7 Å². The van der Waals surface area contributed by atoms with E-state index >= 15 is 0 Å². The number of rotatable bonds is 9. The van der Waals surface area contributed by atoms with Crippen molar-refractivity contribution in [2.75, 3.05) is 60.8 Å². The number of methoxy groups -OCH3 is 1. The largest absolute Gasteiger partial charge is 0.497 e. The zero-order chi connectivity index (χ0) is 23.8. The monoisotopic (exact) mass is 479 g/mol. The number of para-hydroxylation sites is 2. The van der Waals surface area contributed by atoms with Crippen molar-refractivity contribution < 1.29 is 14.3 Å². The molecule has 4 rings (SSSR count). The fourth-order valence-electron chi connectivity index (χ4n) is 3.74. The van der Waals surface area contributed by atoms with Crippen molar-refractivity contribution >= 4 is 34.9 Å². The number of hydrogen-bond donors (Lipinski definition) is 1. The number of thioether (sulfide) groups is 1. The lowest BCUT2D eigenvalue weighted by atomic mass is 10.2. The number of aromatic nitrogens is 2. The van der Waals surface area contributed by atoms with E-state index in [9.17, 15) is 4.79 Å². The van der Waals surface area contributed by atoms with E-state index < -0.39 is 0 Å². The number of hydrogen-bond acceptors (Lipinski definition) is 8. The van der Waals surface area contributed by atoms with Gasteiger partial charge in [-0.15, -0.1) is 10.2 Å². The zero-order valence-electron chi connectivity index (χ0n) is 19.4. The zero-order valence-corrected chi connectivity index (χ0v) is 20.3. The normalized spacial score (nSPS) is 13.5. The molecule has 0 atom stereocenters. The first-order chi connectivity index (χ1) is 16.7. The van der Waals surface area contributed by atoms with Gasteiger partial charge in [-0.05, 0) is 55.5 Å². The molecule has 0 bridgehead atoms. The van der Waals surface area contributed by atoms with Gasteiger partial charge in [0.2, 0.25) is 5.91 Å². The molecular weight excluding hydrogens is 450 g/mol. The smallest absolute Gasteiger partial charge is 0.234 e. The lowest BCUT2D eigenvalue weighted by Gasteiger charge is -2.37. The number of anilines is 3. The summed E-state index contributed by atoms with van der Waals surface area (Å²) < 4.78 is 10.9. The van der Waals surface area contributed by atoms with Crippen LogP contribution in [0, 0.1) is 0 Å². The van der Waals surface area contributed by atoms with Gasteiger partial charge in [0.05, 0.1) is 25.2 Å². The number of piperazine rings is 1. The molecule has 1 N–H and O–H groups in total. The van der Waals surface area contributed by atoms with Crippen LogP contribution in [0.15, 0.2) is 65.7 Å². The molecule has 0 unspecified atom stereocenters. The van der Waals surface area contributed by atoms with Crippen LogP contribution in [-0.2, 0) is 4.79 Å². The predicted molar refractivity (Wildman–Crippen MR) is 136 cm³/mol. The van der Waals surface area contributed by atoms with Crippen molar-refractivity contribution in [2.45, 2.75) is 11.9 Å². The summed E-state index contributed by atoms with van der Waals surface area (Å²) in [6.07, 6.45) is 0. The van der Waals surface area contributed by atoms with Gasteiger partial charge in [0, 0.05) is 31.9 Å². The Bertz CT molecular complexity index is 1070. The fraction of sp³-hybridized carbons (Fsp3) is 0.320. The molecule has 1 aliphatic heterocycles. The second-order valence-electron chi connectivity index (χ2n) is 7.67. The summed E-state index contributed by atoms with van der Waals surface area (Å²) >= 11 is 1.36. The van der Waals surface area contributed by atoms with Crippen LogP contribution >= 0.6 is 11.8 Å². The van der Waals surface area contributed by atoms with Crippen LogP contribution < -0.4 is 24.6 Å². The molecule has 3 aromatic rings. The highest BCUT2D eigenvalue weighted by atomic mass is 32.2. The van der Waals surface area contributed by atoms with Gasteiger partial charge >= 0.3 is 0 Å². The molecule has 1 fully saturated rings. The van der Waals surface area contributed by atoms with Crippen LogP contribution in [0.2, 0.25) is 0 Å². The topological polar surface area (TPSA) is 79.8 Å². The van der Waals surface area contributed by atoms with Crippen molar-refractivity contribution in [3.8, 4) is 11.5 Å². The van der Waals surface area contributed by atoms with Crippen molar-refractivity contribution in [2.24, 2.45) is 0 Å². The Kier molecular flexibility index (Phi) is 8.08. The lowest BCUT2D eigenvalue weighted by molar-refractivity contribution is -0.113. The van der Waals surface area contributed by atoms with E-state index in [1.165, 1.54) is 11.8 Å². The summed E-state index contributed by atoms with van der Waals surface area (Å²) in [5.74, 6) is 2.70. The number of nitrogens with zero attached hydrogens (tertiary/aromatic N) is 4. The summed E-state index contributed by atoms with van der Waals surface area (Å²) in [7, 11) is 1.61. The SMILES string of the molecule is CCOc1ccccc1N1CCN(c2ccc(SCC(=O)Nc3ccc(OC)cc3)nn2)CC1. The van der Waals surface area contributed by atoms with Crippen LogP contribution in [0.3, 0.4) is 0 Å². The molecule has 1 aromatic heterocycles. The van der Waals surface area contributed by atoms with E-state index in [2.05, 4.69) is 31.4 Å². The highest BCUT2D eigenvalue weighted by Gasteiger charge is 2.21. The lowest BCUT2D eigenvalue weighted by Crippen LogP contribution is -2.47. The average molecular weight is 480 g/mol. The number of ether oxygens (including phenoxy) is 2. The first-order valence-electron chi connectivity index (χ1n) is 11.3. The number of carbonyl (C=O) groups excluding carboxylic acids is 1. The average Bonchev–Trinajstić information content (AvgIpc) is 2.89. The van der Waals surface area contributed by atoms with E-state index in [1.807, 2.05) is 61.5 Å². The van der Waals surface area contributed by atoms with Gasteiger partial charge in [0.25, 0.3) is 0 Å². The molecule has 34 heavy (non-hydrogen) atoms. The van der Waals surface area contributed by atoms with E-state index in [1.54, 1.807) is 7.11 Å². The highest BCUT2D eigenvalue weighted by molar-refractivity contribution is 7.99. The Hall–Kier alpha value is -3.46. The van der Waals surface area contributed by atoms with Gasteiger partial charge in [0.15, 0.2) is 5.82 Å². The van der Waals surface area contributed by atoms with Crippen LogP contribution in [0.25, 0.3) is 0 Å². The number of carbonyl (C=O) groups is 1. The highest BCUT2D eigenvalue weighted by Crippen LogP contribution is 2.29. The van der Waals surface area contributed by atoms with E-state index in [0.717, 1.165) is 59.9 Å². The van der Waals surface area contributed by atoms with Crippen LogP contribution in [0.4, 0.5) is 17.2 Å². The molecule has 0 radical (unpaired) electrons. The van der Waals surface area contributed by atoms with Crippen LogP contribution in [0.5, 0.6) is 11.5 Å². The quantitative estimate of drug-likeness (QED) is 0.463. The van der Waals surface area contributed by atoms with Gasteiger partial charge in [-0.25, -0.2) is 0 Å². The van der Waals surface area contributed by atoms with Gasteiger partial charge in [-0.1, -0.05) is 23.9 Å². The second kappa shape index (κ2) is 11.6. The summed E-state index contributed by atoms with van der Waals surface area (Å²) in [4.78, 5) is 16.8. The maximum absolute atomic E-state index is 12.2. The Morgan fingerprint density at radius 2 is 1.71 bits per heavy atom. The molecule has 1 saturated heterocycles. The molecule has 0 spiro atoms. The van der Waals surface area contributed by atoms with Gasteiger partial charge in [-0.2, -0.15) is 0 Å². The molecule has 178 valence electrons. The summed E-state index contributed by atoms with van der Waals surface area (Å²) in [6, 6.07) is 19.3. The maximum atomic E-state index is 12.2. The predicted octanol–water partition coefficient (Wildman–Crippen LogP) is 3.94. The Morgan fingerprint density at radius 1 is 0.971 bits per heavy atom. The number of nitrogens with one attached hydrogen (secondary N) is 1. The Labute approximate surface area is 204 Å². The third kappa shape index (κ3) is 6.11. The molecule has 1 aliphatic rings. The van der Waals surface area contributed by atoms with Gasteiger partial charge in [-0.3, -0.25) is 4.79 Å². The molecule has 0 saturated carbocycles. The second-order valence-corrected chi connectivity index (χ2v) is 8.67. The van der Waals surface area contributed by atoms with E-state index in [4.69, 9.17) is 9.47 Å². The first-order valence-corrected chi connectivity index (χ1v) is 12.3. The standard InChI is InChI=1S/C25H29N5O3S/c1-3-33-22-7-5-4-6-21(22)29-14-16-30(17-15-29)23-12-13-25(28-27-23)34-18-24(31)26-19-8-10-20(32-2)11-9-19/h4-13H,3,14-18H2,1-2H3,(H,26,31). The summed E-state index contributed by atoms with van der Waals surface area (Å²) in [5.41, 5.74) is 1.87. The molecule has 2 heterocycles. The van der Waals surface area contributed by atoms with Crippen molar-refractivity contribution in [1.29, 1.82) is 0 Å². The summed E-state index contributed by atoms with van der Waals surface area (Å²) in [6.45, 7) is 6.13. The van der Waals surface area contributed by atoms with Crippen molar-refractivity contribution in [3.05, 3.63) is 60.7 Å². The minimum Gasteiger partial charge on any atom is -0.497 e. The molecular formula is C25H29N5O3S. The Morgan fingerprint density at radius 3 is 2.38 bits per heavy atom. The molecule has 2 aromatic carbocycles. The summed E-state index contributed by atoms with van der Waals surface area (Å²) in [5, 5.41) is 12.3. The third-order valence-corrected chi connectivity index (χ3v) is 6.38. The molecule has 9 heteroatoms. The van der Waals surface area contributed by atoms with Gasteiger partial charge in [0.1, 0.15) is 16.5 Å². The number of benzene rings is 2. The molecule has 8 nitrogen and oxygen atoms in total. The molecule has 1 amide bonds. The van der Waals surface area contributed by atoms with Crippen LogP contribution in [-0.4, -0.2) is 61.8 Å².